The third-order valence-corrected chi connectivity index (χ3v) is 8.28. The normalized spacial score (nSPS) is 18.2. The minimum atomic E-state index is -0.758. The highest BCUT2D eigenvalue weighted by atomic mass is 35.5. The van der Waals surface area contributed by atoms with Gasteiger partial charge >= 0.3 is 12.1 Å². The number of nitrogens with zero attached hydrogens (tertiary/aromatic N) is 1. The van der Waals surface area contributed by atoms with Crippen LogP contribution < -0.4 is 9.47 Å². The molecular weight excluding hydrogens is 577 g/mol. The van der Waals surface area contributed by atoms with E-state index >= 15 is 0 Å². The Kier molecular flexibility index (Phi) is 8.90. The average Bonchev–Trinajstić information content (AvgIpc) is 3.16. The van der Waals surface area contributed by atoms with E-state index in [0.717, 1.165) is 46.6 Å². The molecule has 0 aromatic heterocycles. The van der Waals surface area contributed by atoms with Crippen molar-refractivity contribution in [2.24, 2.45) is 0 Å². The molecule has 0 fully saturated rings. The molecule has 3 aromatic carbocycles. The maximum Gasteiger partial charge on any atom is 0.411 e. The molecule has 0 N–H and O–H groups in total. The van der Waals surface area contributed by atoms with Gasteiger partial charge in [0.15, 0.2) is 0 Å². The van der Waals surface area contributed by atoms with Gasteiger partial charge in [-0.25, -0.2) is 9.59 Å². The van der Waals surface area contributed by atoms with Crippen LogP contribution in [0.15, 0.2) is 54.6 Å². The number of benzene rings is 3. The van der Waals surface area contributed by atoms with E-state index in [9.17, 15) is 9.59 Å². The fourth-order valence-corrected chi connectivity index (χ4v) is 5.74. The molecule has 2 heterocycles. The van der Waals surface area contributed by atoms with Gasteiger partial charge in [0.1, 0.15) is 29.7 Å². The lowest BCUT2D eigenvalue weighted by molar-refractivity contribution is -0.147. The first-order valence-corrected chi connectivity index (χ1v) is 14.8. The maximum atomic E-state index is 13.1. The lowest BCUT2D eigenvalue weighted by Gasteiger charge is -2.36. The first-order chi connectivity index (χ1) is 20.0. The molecule has 0 saturated carbocycles. The van der Waals surface area contributed by atoms with E-state index in [4.69, 9.17) is 42.1 Å². The minimum absolute atomic E-state index is 0.252. The van der Waals surface area contributed by atoms with Gasteiger partial charge in [0.05, 0.1) is 30.3 Å². The molecule has 0 aliphatic carbocycles. The molecule has 2 aliphatic rings. The summed E-state index contributed by atoms with van der Waals surface area (Å²) in [5, 5.41) is 1.02. The van der Waals surface area contributed by atoms with E-state index in [1.807, 2.05) is 51.1 Å². The van der Waals surface area contributed by atoms with E-state index < -0.39 is 23.7 Å². The molecule has 0 saturated heterocycles. The number of amides is 1. The third kappa shape index (κ3) is 6.96. The Morgan fingerprint density at radius 2 is 1.71 bits per heavy atom. The number of carbonyl (C=O) groups excluding carboxylic acids is 2. The first kappa shape index (κ1) is 30.1. The van der Waals surface area contributed by atoms with Crippen molar-refractivity contribution in [1.82, 2.24) is 4.90 Å². The van der Waals surface area contributed by atoms with Crippen molar-refractivity contribution in [3.63, 3.8) is 0 Å². The van der Waals surface area contributed by atoms with Gasteiger partial charge in [-0.2, -0.15) is 0 Å². The Morgan fingerprint density at radius 3 is 2.40 bits per heavy atom. The molecule has 0 bridgehead atoms. The van der Waals surface area contributed by atoms with E-state index in [-0.39, 0.29) is 12.5 Å². The van der Waals surface area contributed by atoms with Crippen molar-refractivity contribution in [2.75, 3.05) is 13.7 Å². The second kappa shape index (κ2) is 12.4. The fraction of sp³-hybridized carbons (Fsp3) is 0.394. The van der Waals surface area contributed by atoms with Crippen LogP contribution in [0.1, 0.15) is 60.9 Å². The van der Waals surface area contributed by atoms with Crippen LogP contribution in [0, 0.1) is 0 Å². The predicted molar refractivity (Wildman–Crippen MR) is 162 cm³/mol. The number of ether oxygens (including phenoxy) is 4. The van der Waals surface area contributed by atoms with E-state index in [0.29, 0.717) is 29.7 Å². The second-order valence-electron chi connectivity index (χ2n) is 11.7. The Bertz CT molecular complexity index is 1470. The van der Waals surface area contributed by atoms with Crippen LogP contribution in [0.2, 0.25) is 10.0 Å². The number of halogens is 2. The van der Waals surface area contributed by atoms with Crippen molar-refractivity contribution < 1.29 is 28.5 Å². The number of carbonyl (C=O) groups is 2. The van der Waals surface area contributed by atoms with E-state index in [1.165, 1.54) is 17.6 Å². The van der Waals surface area contributed by atoms with Gasteiger partial charge in [0.25, 0.3) is 0 Å². The van der Waals surface area contributed by atoms with Crippen LogP contribution in [0.5, 0.6) is 11.5 Å². The largest absolute Gasteiger partial charge is 0.493 e. The molecular formula is C33H35Cl2NO6. The topological polar surface area (TPSA) is 74.3 Å². The number of hydrogen-bond donors (Lipinski definition) is 0. The molecule has 5 rings (SSSR count). The van der Waals surface area contributed by atoms with Crippen molar-refractivity contribution in [1.29, 1.82) is 0 Å². The number of fused-ring (bicyclic) bond motifs is 2. The Morgan fingerprint density at radius 1 is 0.952 bits per heavy atom. The molecule has 3 aromatic rings. The summed E-state index contributed by atoms with van der Waals surface area (Å²) in [7, 11) is 1.33. The summed E-state index contributed by atoms with van der Waals surface area (Å²) in [5.74, 6) is 1.38. The highest BCUT2D eigenvalue weighted by Crippen LogP contribution is 2.37. The SMILES string of the molecule is COC(=O)[C@@H]1Cc2cc3c(cc2CN1C(=O)OC(C)(C)C)CC(c1ccc(OCc2ccc(Cl)c(Cl)c2)cc1)CCO3. The van der Waals surface area contributed by atoms with E-state index in [2.05, 4.69) is 18.2 Å². The fourth-order valence-electron chi connectivity index (χ4n) is 5.42. The van der Waals surface area contributed by atoms with Crippen LogP contribution in [0.4, 0.5) is 4.79 Å². The smallest absolute Gasteiger partial charge is 0.411 e. The maximum absolute atomic E-state index is 13.1. The summed E-state index contributed by atoms with van der Waals surface area (Å²) in [6, 6.07) is 17.0. The second-order valence-corrected chi connectivity index (χ2v) is 12.5. The Balaban J connectivity index is 1.31. The highest BCUT2D eigenvalue weighted by Gasteiger charge is 2.38. The molecule has 0 radical (unpaired) electrons. The van der Waals surface area contributed by atoms with Gasteiger partial charge in [-0.05, 0) is 97.7 Å². The standard InChI is InChI=1S/C33H35Cl2NO6/c1-33(2,3)42-32(38)36-18-25-15-24-14-22(11-12-40-30(24)17-23(25)16-29(36)31(37)39-4)21-6-8-26(9-7-21)41-19-20-5-10-27(34)28(35)13-20/h5-10,13,15,17,22,29H,11-12,14,16,18-19H2,1-4H3/t22?,29-/m0/s1. The molecule has 42 heavy (non-hydrogen) atoms. The van der Waals surface area contributed by atoms with Crippen LogP contribution in [0.25, 0.3) is 0 Å². The van der Waals surface area contributed by atoms with Gasteiger partial charge < -0.3 is 18.9 Å². The molecule has 7 nitrogen and oxygen atoms in total. The van der Waals surface area contributed by atoms with Crippen LogP contribution in [-0.4, -0.2) is 42.3 Å². The van der Waals surface area contributed by atoms with Gasteiger partial charge in [-0.15, -0.1) is 0 Å². The minimum Gasteiger partial charge on any atom is -0.493 e. The summed E-state index contributed by atoms with van der Waals surface area (Å²) < 4.78 is 22.8. The number of hydrogen-bond acceptors (Lipinski definition) is 6. The molecule has 1 amide bonds. The van der Waals surface area contributed by atoms with Crippen LogP contribution in [0.3, 0.4) is 0 Å². The number of rotatable bonds is 5. The number of esters is 1. The molecule has 9 heteroatoms. The monoisotopic (exact) mass is 611 g/mol. The zero-order chi connectivity index (χ0) is 30.0. The van der Waals surface area contributed by atoms with Crippen molar-refractivity contribution in [3.05, 3.63) is 92.5 Å². The van der Waals surface area contributed by atoms with Crippen LogP contribution in [-0.2, 0) is 40.3 Å². The summed E-state index contributed by atoms with van der Waals surface area (Å²) in [4.78, 5) is 27.2. The predicted octanol–water partition coefficient (Wildman–Crippen LogP) is 7.52. The van der Waals surface area contributed by atoms with E-state index in [1.54, 1.807) is 6.07 Å². The zero-order valence-corrected chi connectivity index (χ0v) is 25.8. The molecule has 1 unspecified atom stereocenters. The Labute approximate surface area is 256 Å². The lowest BCUT2D eigenvalue weighted by Crippen LogP contribution is -2.50. The molecule has 2 atom stereocenters. The van der Waals surface area contributed by atoms with Crippen molar-refractivity contribution in [3.8, 4) is 11.5 Å². The van der Waals surface area contributed by atoms with Crippen LogP contribution >= 0.6 is 23.2 Å². The lowest BCUT2D eigenvalue weighted by atomic mass is 9.87. The number of methoxy groups -OCH3 is 1. The molecule has 222 valence electrons. The van der Waals surface area contributed by atoms with Crippen molar-refractivity contribution >= 4 is 35.3 Å². The molecule has 0 spiro atoms. The summed E-state index contributed by atoms with van der Waals surface area (Å²) in [6.07, 6.45) is 1.45. The molecule has 2 aliphatic heterocycles. The average molecular weight is 613 g/mol. The summed E-state index contributed by atoms with van der Waals surface area (Å²) >= 11 is 12.1. The first-order valence-electron chi connectivity index (χ1n) is 14.0. The van der Waals surface area contributed by atoms with Gasteiger partial charge in [0, 0.05) is 6.42 Å². The zero-order valence-electron chi connectivity index (χ0n) is 24.2. The van der Waals surface area contributed by atoms with Gasteiger partial charge in [0.2, 0.25) is 0 Å². The summed E-state index contributed by atoms with van der Waals surface area (Å²) in [5.41, 5.74) is 4.50. The third-order valence-electron chi connectivity index (χ3n) is 7.55. The van der Waals surface area contributed by atoms with Crippen molar-refractivity contribution in [2.45, 2.75) is 70.7 Å². The highest BCUT2D eigenvalue weighted by molar-refractivity contribution is 6.42. The summed E-state index contributed by atoms with van der Waals surface area (Å²) in [6.45, 7) is 6.65. The Hall–Kier alpha value is -3.42. The quantitative estimate of drug-likeness (QED) is 0.278. The van der Waals surface area contributed by atoms with Gasteiger partial charge in [-0.3, -0.25) is 4.90 Å². The van der Waals surface area contributed by atoms with Gasteiger partial charge in [-0.1, -0.05) is 47.5 Å².